The largest absolute Gasteiger partial charge is 0.504 e. The number of rotatable bonds is 2. The van der Waals surface area contributed by atoms with E-state index in [0.717, 1.165) is 42.7 Å². The Morgan fingerprint density at radius 3 is 2.81 bits per heavy atom. The fourth-order valence-electron chi connectivity index (χ4n) is 3.75. The summed E-state index contributed by atoms with van der Waals surface area (Å²) in [6.45, 7) is 5.56. The Labute approximate surface area is 151 Å². The summed E-state index contributed by atoms with van der Waals surface area (Å²) in [4.78, 5) is 6.85. The van der Waals surface area contributed by atoms with E-state index in [2.05, 4.69) is 31.7 Å². The molecule has 6 nitrogen and oxygen atoms in total. The summed E-state index contributed by atoms with van der Waals surface area (Å²) in [5, 5.41) is 18.9. The van der Waals surface area contributed by atoms with Crippen molar-refractivity contribution in [1.29, 1.82) is 0 Å². The smallest absolute Gasteiger partial charge is 0.183 e. The molecule has 1 N–H and O–H groups in total. The van der Waals surface area contributed by atoms with Crippen LogP contribution in [0.15, 0.2) is 18.5 Å². The van der Waals surface area contributed by atoms with Crippen LogP contribution in [-0.2, 0) is 0 Å². The van der Waals surface area contributed by atoms with Gasteiger partial charge in [0.15, 0.2) is 17.2 Å². The van der Waals surface area contributed by atoms with Crippen LogP contribution in [0.25, 0.3) is 22.4 Å². The lowest BCUT2D eigenvalue weighted by Crippen LogP contribution is -2.33. The number of aromatic hydroxyl groups is 1. The number of phenolic OH excluding ortho intramolecular Hbond substituents is 1. The molecule has 0 radical (unpaired) electrons. The Bertz CT molecular complexity index is 984. The lowest BCUT2D eigenvalue weighted by Gasteiger charge is -2.30. The van der Waals surface area contributed by atoms with Gasteiger partial charge in [0.1, 0.15) is 11.2 Å². The predicted octanol–water partition coefficient (Wildman–Crippen LogP) is 3.22. The minimum atomic E-state index is -0.625. The average molecular weight is 355 g/mol. The first-order valence-corrected chi connectivity index (χ1v) is 8.84. The summed E-state index contributed by atoms with van der Waals surface area (Å²) < 4.78 is 16.2. The van der Waals surface area contributed by atoms with Crippen molar-refractivity contribution in [2.24, 2.45) is 0 Å². The van der Waals surface area contributed by atoms with E-state index in [4.69, 9.17) is 0 Å². The Hall–Kier alpha value is -2.54. The number of hydrogen-bond donors (Lipinski definition) is 1. The highest BCUT2D eigenvalue weighted by Crippen LogP contribution is 2.35. The summed E-state index contributed by atoms with van der Waals surface area (Å²) in [5.41, 5.74) is 3.45. The number of halogens is 1. The maximum absolute atomic E-state index is 14.1. The van der Waals surface area contributed by atoms with E-state index in [1.807, 2.05) is 13.3 Å². The third-order valence-corrected chi connectivity index (χ3v) is 5.28. The van der Waals surface area contributed by atoms with E-state index in [1.165, 1.54) is 0 Å². The molecule has 0 unspecified atom stereocenters. The third-order valence-electron chi connectivity index (χ3n) is 5.28. The first-order chi connectivity index (χ1) is 12.5. The Balaban J connectivity index is 1.81. The number of likely N-dealkylation sites (N-methyl/N-ethyl adjacent to an activating group) is 1. The molecule has 1 aliphatic heterocycles. The van der Waals surface area contributed by atoms with Crippen molar-refractivity contribution >= 4 is 11.2 Å². The number of imidazole rings is 1. The normalized spacial score (nSPS) is 18.5. The van der Waals surface area contributed by atoms with Crippen molar-refractivity contribution in [2.75, 3.05) is 20.1 Å². The molecule has 1 saturated heterocycles. The summed E-state index contributed by atoms with van der Waals surface area (Å²) in [6.07, 6.45) is 4.04. The quantitative estimate of drug-likeness (QED) is 0.764. The number of aromatic nitrogens is 4. The van der Waals surface area contributed by atoms with Gasteiger partial charge in [-0.2, -0.15) is 0 Å². The van der Waals surface area contributed by atoms with E-state index in [1.54, 1.807) is 19.1 Å². The van der Waals surface area contributed by atoms with E-state index in [9.17, 15) is 9.50 Å². The SMILES string of the molecule is Cc1ccc(-c2nnc3c(ncn3[C@@H]3CCCN(C)C3)c2C)c(O)c1F. The number of piperidine rings is 1. The maximum atomic E-state index is 14.1. The van der Waals surface area contributed by atoms with Crippen molar-refractivity contribution in [1.82, 2.24) is 24.6 Å². The molecule has 2 aromatic heterocycles. The van der Waals surface area contributed by atoms with Crippen molar-refractivity contribution in [2.45, 2.75) is 32.7 Å². The van der Waals surface area contributed by atoms with Crippen molar-refractivity contribution in [3.8, 4) is 17.0 Å². The molecule has 0 amide bonds. The van der Waals surface area contributed by atoms with E-state index in [-0.39, 0.29) is 0 Å². The van der Waals surface area contributed by atoms with Gasteiger partial charge < -0.3 is 14.6 Å². The van der Waals surface area contributed by atoms with E-state index < -0.39 is 11.6 Å². The fraction of sp³-hybridized carbons (Fsp3) is 0.421. The van der Waals surface area contributed by atoms with Crippen LogP contribution >= 0.6 is 0 Å². The fourth-order valence-corrected chi connectivity index (χ4v) is 3.75. The van der Waals surface area contributed by atoms with Gasteiger partial charge in [0.05, 0.1) is 6.33 Å². The van der Waals surface area contributed by atoms with Crippen molar-refractivity contribution < 1.29 is 9.50 Å². The van der Waals surface area contributed by atoms with Crippen molar-refractivity contribution in [3.05, 3.63) is 35.4 Å². The highest BCUT2D eigenvalue weighted by Gasteiger charge is 2.23. The van der Waals surface area contributed by atoms with Crippen LogP contribution < -0.4 is 0 Å². The molecule has 0 bridgehead atoms. The van der Waals surface area contributed by atoms with E-state index >= 15 is 0 Å². The number of benzene rings is 1. The molecule has 3 heterocycles. The Kier molecular flexibility index (Phi) is 4.11. The van der Waals surface area contributed by atoms with E-state index in [0.29, 0.717) is 22.9 Å². The first kappa shape index (κ1) is 16.9. The van der Waals surface area contributed by atoms with Crippen molar-refractivity contribution in [3.63, 3.8) is 0 Å². The number of phenols is 1. The van der Waals surface area contributed by atoms with Gasteiger partial charge >= 0.3 is 0 Å². The second kappa shape index (κ2) is 6.32. The third kappa shape index (κ3) is 2.63. The molecule has 0 spiro atoms. The van der Waals surface area contributed by atoms with Crippen LogP contribution in [0, 0.1) is 19.7 Å². The molecule has 3 aromatic rings. The molecule has 1 aromatic carbocycles. The monoisotopic (exact) mass is 355 g/mol. The Morgan fingerprint density at radius 2 is 2.04 bits per heavy atom. The zero-order valence-corrected chi connectivity index (χ0v) is 15.2. The molecule has 0 saturated carbocycles. The number of nitrogens with zero attached hydrogens (tertiary/aromatic N) is 5. The van der Waals surface area contributed by atoms with Gasteiger partial charge in [-0.25, -0.2) is 9.37 Å². The zero-order chi connectivity index (χ0) is 18.4. The van der Waals surface area contributed by atoms with Crippen LogP contribution in [0.3, 0.4) is 0 Å². The number of likely N-dealkylation sites (tertiary alicyclic amines) is 1. The van der Waals surface area contributed by atoms with Gasteiger partial charge in [-0.15, -0.1) is 10.2 Å². The second-order valence-corrected chi connectivity index (χ2v) is 7.15. The highest BCUT2D eigenvalue weighted by molar-refractivity contribution is 5.83. The Morgan fingerprint density at radius 1 is 1.23 bits per heavy atom. The number of aryl methyl sites for hydroxylation is 2. The predicted molar refractivity (Wildman–Crippen MR) is 97.6 cm³/mol. The molecular weight excluding hydrogens is 333 g/mol. The van der Waals surface area contributed by atoms with Gasteiger partial charge in [-0.1, -0.05) is 6.07 Å². The minimum Gasteiger partial charge on any atom is -0.504 e. The zero-order valence-electron chi connectivity index (χ0n) is 15.2. The molecule has 4 rings (SSSR count). The topological polar surface area (TPSA) is 67.1 Å². The summed E-state index contributed by atoms with van der Waals surface area (Å²) in [6, 6.07) is 3.62. The molecule has 1 atom stereocenters. The van der Waals surface area contributed by atoms with Crippen LogP contribution in [0.2, 0.25) is 0 Å². The summed E-state index contributed by atoms with van der Waals surface area (Å²) in [7, 11) is 2.12. The molecule has 1 fully saturated rings. The maximum Gasteiger partial charge on any atom is 0.183 e. The molecule has 26 heavy (non-hydrogen) atoms. The highest BCUT2D eigenvalue weighted by atomic mass is 19.1. The van der Waals surface area contributed by atoms with Gasteiger partial charge in [-0.3, -0.25) is 0 Å². The molecule has 136 valence electrons. The summed E-state index contributed by atoms with van der Waals surface area (Å²) in [5.74, 6) is -1.02. The first-order valence-electron chi connectivity index (χ1n) is 8.84. The molecule has 1 aliphatic rings. The van der Waals surface area contributed by atoms with Gasteiger partial charge in [0, 0.05) is 23.7 Å². The van der Waals surface area contributed by atoms with Crippen LogP contribution in [-0.4, -0.2) is 49.9 Å². The second-order valence-electron chi connectivity index (χ2n) is 7.15. The minimum absolute atomic E-state index is 0.323. The van der Waals surface area contributed by atoms with Crippen LogP contribution in [0.1, 0.15) is 30.0 Å². The molecule has 0 aliphatic carbocycles. The molecule has 7 heteroatoms. The standard InChI is InChI=1S/C19H22FN5O/c1-11-6-7-14(18(26)15(11)20)16-12(2)17-19(23-22-16)25(10-21-17)13-5-4-8-24(3)9-13/h6-7,10,13,26H,4-5,8-9H2,1-3H3/t13-/m1/s1. The van der Waals surface area contributed by atoms with Gasteiger partial charge in [0.2, 0.25) is 0 Å². The summed E-state index contributed by atoms with van der Waals surface area (Å²) >= 11 is 0. The van der Waals surface area contributed by atoms with Gasteiger partial charge in [-0.05, 0) is 51.9 Å². The number of fused-ring (bicyclic) bond motifs is 1. The van der Waals surface area contributed by atoms with Gasteiger partial charge in [0.25, 0.3) is 0 Å². The van der Waals surface area contributed by atoms with Crippen LogP contribution in [0.4, 0.5) is 4.39 Å². The average Bonchev–Trinajstić information content (AvgIpc) is 3.06. The lowest BCUT2D eigenvalue weighted by atomic mass is 10.0. The van der Waals surface area contributed by atoms with Crippen LogP contribution in [0.5, 0.6) is 5.75 Å². The molecular formula is C19H22FN5O. The lowest BCUT2D eigenvalue weighted by molar-refractivity contribution is 0.214. The number of hydrogen-bond acceptors (Lipinski definition) is 5.